The molecule has 1 heterocycles. The lowest BCUT2D eigenvalue weighted by atomic mass is 10.3. The molecule has 5 heteroatoms. The van der Waals surface area contributed by atoms with E-state index in [1.165, 1.54) is 12.1 Å². The normalized spacial score (nSPS) is 10.4. The maximum absolute atomic E-state index is 12.2. The van der Waals surface area contributed by atoms with Crippen molar-refractivity contribution in [2.45, 2.75) is 13.1 Å². The number of nitrogens with one attached hydrogen (secondary N) is 1. The largest absolute Gasteiger partial charge is 0.433 e. The number of rotatable bonds is 2. The van der Waals surface area contributed by atoms with Crippen LogP contribution >= 0.6 is 0 Å². The number of hydrogen-bond donors (Lipinski definition) is 1. The van der Waals surface area contributed by atoms with E-state index in [0.717, 1.165) is 6.07 Å². The van der Waals surface area contributed by atoms with Gasteiger partial charge < -0.3 is 5.32 Å². The first-order valence-corrected chi connectivity index (χ1v) is 4.22. The van der Waals surface area contributed by atoms with Gasteiger partial charge in [0.1, 0.15) is 11.5 Å². The van der Waals surface area contributed by atoms with E-state index in [2.05, 4.69) is 22.1 Å². The van der Waals surface area contributed by atoms with E-state index in [4.69, 9.17) is 0 Å². The van der Waals surface area contributed by atoms with Gasteiger partial charge in [-0.15, -0.1) is 5.92 Å². The Kier molecular flexibility index (Phi) is 3.56. The van der Waals surface area contributed by atoms with Gasteiger partial charge in [0, 0.05) is 0 Å². The fraction of sp³-hybridized carbons (Fsp3) is 0.300. The quantitative estimate of drug-likeness (QED) is 0.765. The minimum Gasteiger partial charge on any atom is -0.359 e. The lowest BCUT2D eigenvalue weighted by Crippen LogP contribution is -2.10. The Morgan fingerprint density at radius 1 is 1.40 bits per heavy atom. The van der Waals surface area contributed by atoms with Crippen LogP contribution in [-0.4, -0.2) is 11.5 Å². The summed E-state index contributed by atoms with van der Waals surface area (Å²) in [5, 5.41) is 2.67. The molecule has 80 valence electrons. The Bertz CT molecular complexity index is 388. The lowest BCUT2D eigenvalue weighted by molar-refractivity contribution is -0.141. The molecule has 2 nitrogen and oxygen atoms in total. The van der Waals surface area contributed by atoms with E-state index in [1.807, 2.05) is 0 Å². The molecule has 0 aliphatic heterocycles. The lowest BCUT2D eigenvalue weighted by Gasteiger charge is -2.07. The van der Waals surface area contributed by atoms with Crippen molar-refractivity contribution in [3.8, 4) is 11.8 Å². The Morgan fingerprint density at radius 2 is 2.13 bits per heavy atom. The molecule has 0 fully saturated rings. The highest BCUT2D eigenvalue weighted by Gasteiger charge is 2.32. The zero-order valence-electron chi connectivity index (χ0n) is 8.02. The predicted molar refractivity (Wildman–Crippen MR) is 51.2 cm³/mol. The zero-order chi connectivity index (χ0) is 11.3. The molecule has 0 atom stereocenters. The summed E-state index contributed by atoms with van der Waals surface area (Å²) in [7, 11) is 0. The first kappa shape index (κ1) is 11.4. The van der Waals surface area contributed by atoms with Gasteiger partial charge in [-0.25, -0.2) is 4.98 Å². The predicted octanol–water partition coefficient (Wildman–Crippen LogP) is 2.54. The smallest absolute Gasteiger partial charge is 0.359 e. The summed E-state index contributed by atoms with van der Waals surface area (Å²) in [6.07, 6.45) is -4.41. The van der Waals surface area contributed by atoms with Crippen LogP contribution in [0.3, 0.4) is 0 Å². The summed E-state index contributed by atoms with van der Waals surface area (Å²) in [6.45, 7) is 1.94. The van der Waals surface area contributed by atoms with Gasteiger partial charge in [0.05, 0.1) is 6.54 Å². The molecule has 0 unspecified atom stereocenters. The van der Waals surface area contributed by atoms with Crippen molar-refractivity contribution < 1.29 is 13.2 Å². The van der Waals surface area contributed by atoms with Gasteiger partial charge >= 0.3 is 6.18 Å². The number of pyridine rings is 1. The molecule has 1 rings (SSSR count). The van der Waals surface area contributed by atoms with Crippen LogP contribution in [0.5, 0.6) is 0 Å². The van der Waals surface area contributed by atoms with Crippen molar-refractivity contribution in [2.75, 3.05) is 11.9 Å². The van der Waals surface area contributed by atoms with Crippen molar-refractivity contribution in [2.24, 2.45) is 0 Å². The van der Waals surface area contributed by atoms with Crippen molar-refractivity contribution in [3.63, 3.8) is 0 Å². The SMILES string of the molecule is CC#CCNc1cccc(C(F)(F)F)n1. The third kappa shape index (κ3) is 3.50. The number of aromatic nitrogens is 1. The summed E-state index contributed by atoms with van der Waals surface area (Å²) >= 11 is 0. The molecule has 0 spiro atoms. The van der Waals surface area contributed by atoms with Gasteiger partial charge in [0.2, 0.25) is 0 Å². The van der Waals surface area contributed by atoms with Crippen molar-refractivity contribution >= 4 is 5.82 Å². The summed E-state index contributed by atoms with van der Waals surface area (Å²) in [4.78, 5) is 3.41. The molecule has 1 aromatic rings. The van der Waals surface area contributed by atoms with E-state index in [0.29, 0.717) is 0 Å². The van der Waals surface area contributed by atoms with E-state index in [1.54, 1.807) is 6.92 Å². The summed E-state index contributed by atoms with van der Waals surface area (Å²) in [5.41, 5.74) is -0.906. The fourth-order valence-corrected chi connectivity index (χ4v) is 0.914. The Labute approximate surface area is 85.5 Å². The number of alkyl halides is 3. The van der Waals surface area contributed by atoms with Gasteiger partial charge in [-0.1, -0.05) is 12.0 Å². The second-order valence-electron chi connectivity index (χ2n) is 2.69. The summed E-state index contributed by atoms with van der Waals surface area (Å²) < 4.78 is 36.7. The molecule has 0 aromatic carbocycles. The van der Waals surface area contributed by atoms with E-state index in [9.17, 15) is 13.2 Å². The number of nitrogens with zero attached hydrogens (tertiary/aromatic N) is 1. The highest BCUT2D eigenvalue weighted by atomic mass is 19.4. The van der Waals surface area contributed by atoms with E-state index < -0.39 is 11.9 Å². The molecular formula is C10H9F3N2. The summed E-state index contributed by atoms with van der Waals surface area (Å²) in [6, 6.07) is 3.70. The third-order valence-corrected chi connectivity index (χ3v) is 1.57. The third-order valence-electron chi connectivity index (χ3n) is 1.57. The van der Waals surface area contributed by atoms with E-state index >= 15 is 0 Å². The Hall–Kier alpha value is -1.70. The average Bonchev–Trinajstić information content (AvgIpc) is 2.17. The Balaban J connectivity index is 2.77. The minimum atomic E-state index is -4.41. The molecule has 0 saturated carbocycles. The molecule has 0 radical (unpaired) electrons. The first-order chi connectivity index (χ1) is 7.04. The number of hydrogen-bond acceptors (Lipinski definition) is 2. The van der Waals surface area contributed by atoms with Crippen LogP contribution in [0.15, 0.2) is 18.2 Å². The fourth-order valence-electron chi connectivity index (χ4n) is 0.914. The maximum atomic E-state index is 12.2. The molecule has 1 N–H and O–H groups in total. The molecular weight excluding hydrogens is 205 g/mol. The van der Waals surface area contributed by atoms with Crippen LogP contribution in [0.25, 0.3) is 0 Å². The average molecular weight is 214 g/mol. The van der Waals surface area contributed by atoms with Crippen molar-refractivity contribution in [1.29, 1.82) is 0 Å². The van der Waals surface area contributed by atoms with Gasteiger partial charge in [0.25, 0.3) is 0 Å². The van der Waals surface area contributed by atoms with Crippen LogP contribution < -0.4 is 5.32 Å². The van der Waals surface area contributed by atoms with Crippen molar-refractivity contribution in [3.05, 3.63) is 23.9 Å². The highest BCUT2D eigenvalue weighted by molar-refractivity contribution is 5.37. The molecule has 0 aliphatic carbocycles. The number of halogens is 3. The van der Waals surface area contributed by atoms with Crippen LogP contribution in [0.4, 0.5) is 19.0 Å². The molecule has 0 bridgehead atoms. The van der Waals surface area contributed by atoms with Crippen molar-refractivity contribution in [1.82, 2.24) is 4.98 Å². The van der Waals surface area contributed by atoms with Crippen LogP contribution in [0, 0.1) is 11.8 Å². The van der Waals surface area contributed by atoms with Gasteiger partial charge in [0.15, 0.2) is 0 Å². The first-order valence-electron chi connectivity index (χ1n) is 4.22. The van der Waals surface area contributed by atoms with Gasteiger partial charge in [-0.2, -0.15) is 13.2 Å². The molecule has 0 amide bonds. The molecule has 0 saturated heterocycles. The Morgan fingerprint density at radius 3 is 2.73 bits per heavy atom. The van der Waals surface area contributed by atoms with Gasteiger partial charge in [-0.05, 0) is 19.1 Å². The number of anilines is 1. The van der Waals surface area contributed by atoms with E-state index in [-0.39, 0.29) is 12.4 Å². The minimum absolute atomic E-state index is 0.174. The van der Waals surface area contributed by atoms with Crippen LogP contribution in [0.2, 0.25) is 0 Å². The molecule has 1 aromatic heterocycles. The second kappa shape index (κ2) is 4.69. The molecule has 15 heavy (non-hydrogen) atoms. The van der Waals surface area contributed by atoms with Crippen LogP contribution in [0.1, 0.15) is 12.6 Å². The van der Waals surface area contributed by atoms with Gasteiger partial charge in [-0.3, -0.25) is 0 Å². The standard InChI is InChI=1S/C10H9F3N2/c1-2-3-7-14-9-6-4-5-8(15-9)10(11,12)13/h4-6H,7H2,1H3,(H,14,15). The topological polar surface area (TPSA) is 24.9 Å². The monoisotopic (exact) mass is 214 g/mol. The second-order valence-corrected chi connectivity index (χ2v) is 2.69. The zero-order valence-corrected chi connectivity index (χ0v) is 8.02. The maximum Gasteiger partial charge on any atom is 0.433 e. The molecule has 0 aliphatic rings. The highest BCUT2D eigenvalue weighted by Crippen LogP contribution is 2.27. The summed E-state index contributed by atoms with van der Waals surface area (Å²) in [5.74, 6) is 5.47. The van der Waals surface area contributed by atoms with Crippen LogP contribution in [-0.2, 0) is 6.18 Å².